The van der Waals surface area contributed by atoms with Crippen LogP contribution in [0.4, 0.5) is 0 Å². The molecule has 0 aromatic carbocycles. The maximum Gasteiger partial charge on any atom is 0.193 e. The lowest BCUT2D eigenvalue weighted by atomic mass is 10.2. The number of hydrogen-bond donors (Lipinski definition) is 1. The van der Waals surface area contributed by atoms with Crippen molar-refractivity contribution in [2.24, 2.45) is 10.9 Å². The Morgan fingerprint density at radius 2 is 2.09 bits per heavy atom. The summed E-state index contributed by atoms with van der Waals surface area (Å²) in [6, 6.07) is 0. The molecule has 0 bridgehead atoms. The monoisotopic (exact) mass is 445 g/mol. The van der Waals surface area contributed by atoms with Gasteiger partial charge in [0.2, 0.25) is 0 Å². The van der Waals surface area contributed by atoms with Crippen LogP contribution in [0.25, 0.3) is 0 Å². The van der Waals surface area contributed by atoms with Gasteiger partial charge in [0.15, 0.2) is 15.8 Å². The summed E-state index contributed by atoms with van der Waals surface area (Å²) >= 11 is 0. The van der Waals surface area contributed by atoms with E-state index in [0.29, 0.717) is 26.2 Å². The number of sulfone groups is 1. The zero-order valence-electron chi connectivity index (χ0n) is 13.7. The Kier molecular flexibility index (Phi) is 7.38. The van der Waals surface area contributed by atoms with Gasteiger partial charge in [-0.05, 0) is 32.6 Å². The summed E-state index contributed by atoms with van der Waals surface area (Å²) in [6.07, 6.45) is 2.60. The summed E-state index contributed by atoms with van der Waals surface area (Å²) in [7, 11) is -1.29. The third kappa shape index (κ3) is 5.23. The van der Waals surface area contributed by atoms with Crippen LogP contribution in [-0.2, 0) is 14.6 Å². The number of guanidine groups is 1. The van der Waals surface area contributed by atoms with E-state index in [1.165, 1.54) is 12.8 Å². The highest BCUT2D eigenvalue weighted by atomic mass is 127. The number of rotatable bonds is 5. The molecule has 130 valence electrons. The van der Waals surface area contributed by atoms with Crippen molar-refractivity contribution in [1.82, 2.24) is 10.2 Å². The zero-order chi connectivity index (χ0) is 15.5. The Hall–Kier alpha value is -0.0900. The normalized spacial score (nSPS) is 23.8. The Morgan fingerprint density at radius 1 is 1.41 bits per heavy atom. The average Bonchev–Trinajstić information content (AvgIpc) is 3.21. The molecule has 1 saturated heterocycles. The third-order valence-electron chi connectivity index (χ3n) is 4.13. The van der Waals surface area contributed by atoms with Crippen molar-refractivity contribution < 1.29 is 13.2 Å². The quantitative estimate of drug-likeness (QED) is 0.297. The maximum absolute atomic E-state index is 12.0. The largest absolute Gasteiger partial charge is 0.379 e. The van der Waals surface area contributed by atoms with Gasteiger partial charge in [-0.2, -0.15) is 0 Å². The molecular weight excluding hydrogens is 417 g/mol. The summed E-state index contributed by atoms with van der Waals surface area (Å²) in [6.45, 7) is 6.73. The van der Waals surface area contributed by atoms with Crippen molar-refractivity contribution >= 4 is 39.8 Å². The molecule has 0 atom stereocenters. The second kappa shape index (κ2) is 8.14. The molecule has 8 heteroatoms. The average molecular weight is 445 g/mol. The SMILES string of the molecule is CN=C(NCCOCC1CC1)N1CCS(=O)(=O)C(C)(C)C1.I. The fraction of sp³-hybridized carbons (Fsp3) is 0.929. The number of hydrogen-bond acceptors (Lipinski definition) is 4. The molecule has 1 saturated carbocycles. The van der Waals surface area contributed by atoms with Crippen molar-refractivity contribution in [3.05, 3.63) is 0 Å². The predicted molar refractivity (Wildman–Crippen MR) is 99.8 cm³/mol. The van der Waals surface area contributed by atoms with Gasteiger partial charge in [0.1, 0.15) is 0 Å². The van der Waals surface area contributed by atoms with Crippen LogP contribution in [0, 0.1) is 5.92 Å². The number of nitrogens with zero attached hydrogens (tertiary/aromatic N) is 2. The lowest BCUT2D eigenvalue weighted by molar-refractivity contribution is 0.128. The molecular formula is C14H28IN3O3S. The van der Waals surface area contributed by atoms with Gasteiger partial charge in [0.05, 0.1) is 17.1 Å². The van der Waals surface area contributed by atoms with Gasteiger partial charge < -0.3 is 15.0 Å². The minimum atomic E-state index is -3.02. The molecule has 0 radical (unpaired) electrons. The molecule has 1 aliphatic carbocycles. The number of ether oxygens (including phenoxy) is 1. The molecule has 0 aromatic rings. The van der Waals surface area contributed by atoms with Gasteiger partial charge in [-0.3, -0.25) is 4.99 Å². The summed E-state index contributed by atoms with van der Waals surface area (Å²) in [5.74, 6) is 1.71. The van der Waals surface area contributed by atoms with E-state index in [0.717, 1.165) is 18.5 Å². The van der Waals surface area contributed by atoms with E-state index in [9.17, 15) is 8.42 Å². The van der Waals surface area contributed by atoms with Crippen LogP contribution in [0.15, 0.2) is 4.99 Å². The van der Waals surface area contributed by atoms with Gasteiger partial charge in [0.25, 0.3) is 0 Å². The van der Waals surface area contributed by atoms with E-state index in [1.807, 2.05) is 4.90 Å². The highest BCUT2D eigenvalue weighted by molar-refractivity contribution is 14.0. The number of aliphatic imine (C=N–C) groups is 1. The molecule has 0 amide bonds. The zero-order valence-corrected chi connectivity index (χ0v) is 16.8. The summed E-state index contributed by atoms with van der Waals surface area (Å²) in [5.41, 5.74) is 0. The second-order valence-corrected chi connectivity index (χ2v) is 9.24. The molecule has 2 fully saturated rings. The predicted octanol–water partition coefficient (Wildman–Crippen LogP) is 1.12. The van der Waals surface area contributed by atoms with Crippen LogP contribution < -0.4 is 5.32 Å². The minimum absolute atomic E-state index is 0. The Bertz CT molecular complexity index is 490. The van der Waals surface area contributed by atoms with Crippen LogP contribution in [0.2, 0.25) is 0 Å². The molecule has 1 N–H and O–H groups in total. The molecule has 2 rings (SSSR count). The summed E-state index contributed by atoms with van der Waals surface area (Å²) < 4.78 is 28.9. The van der Waals surface area contributed by atoms with Gasteiger partial charge in [-0.15, -0.1) is 24.0 Å². The van der Waals surface area contributed by atoms with Crippen LogP contribution in [0.3, 0.4) is 0 Å². The molecule has 1 heterocycles. The van der Waals surface area contributed by atoms with Crippen molar-refractivity contribution in [1.29, 1.82) is 0 Å². The second-order valence-electron chi connectivity index (χ2n) is 6.49. The maximum atomic E-state index is 12.0. The van der Waals surface area contributed by atoms with Gasteiger partial charge >= 0.3 is 0 Å². The number of nitrogens with one attached hydrogen (secondary N) is 1. The fourth-order valence-electron chi connectivity index (χ4n) is 2.43. The van der Waals surface area contributed by atoms with Crippen molar-refractivity contribution in [2.45, 2.75) is 31.4 Å². The summed E-state index contributed by atoms with van der Waals surface area (Å²) in [4.78, 5) is 6.27. The van der Waals surface area contributed by atoms with E-state index in [-0.39, 0.29) is 29.7 Å². The Balaban J connectivity index is 0.00000242. The first-order valence-electron chi connectivity index (χ1n) is 7.61. The van der Waals surface area contributed by atoms with E-state index in [2.05, 4.69) is 10.3 Å². The Morgan fingerprint density at radius 3 is 2.64 bits per heavy atom. The molecule has 0 aromatic heterocycles. The van der Waals surface area contributed by atoms with E-state index in [1.54, 1.807) is 20.9 Å². The van der Waals surface area contributed by atoms with Crippen molar-refractivity contribution in [3.63, 3.8) is 0 Å². The molecule has 1 aliphatic heterocycles. The van der Waals surface area contributed by atoms with Crippen LogP contribution in [0.1, 0.15) is 26.7 Å². The molecule has 0 unspecified atom stereocenters. The first-order valence-corrected chi connectivity index (χ1v) is 9.26. The fourth-order valence-corrected chi connectivity index (χ4v) is 3.79. The van der Waals surface area contributed by atoms with E-state index in [4.69, 9.17) is 4.74 Å². The first kappa shape index (κ1) is 20.0. The lowest BCUT2D eigenvalue weighted by Gasteiger charge is -2.39. The minimum Gasteiger partial charge on any atom is -0.379 e. The smallest absolute Gasteiger partial charge is 0.193 e. The van der Waals surface area contributed by atoms with Crippen LogP contribution in [0.5, 0.6) is 0 Å². The van der Waals surface area contributed by atoms with E-state index >= 15 is 0 Å². The number of halogens is 1. The highest BCUT2D eigenvalue weighted by Crippen LogP contribution is 2.28. The van der Waals surface area contributed by atoms with Gasteiger partial charge in [-0.25, -0.2) is 8.42 Å². The van der Waals surface area contributed by atoms with E-state index < -0.39 is 14.6 Å². The third-order valence-corrected chi connectivity index (χ3v) is 6.67. The molecule has 0 spiro atoms. The van der Waals surface area contributed by atoms with Crippen LogP contribution >= 0.6 is 24.0 Å². The van der Waals surface area contributed by atoms with Crippen molar-refractivity contribution in [2.75, 3.05) is 45.6 Å². The van der Waals surface area contributed by atoms with Gasteiger partial charge in [-0.1, -0.05) is 0 Å². The van der Waals surface area contributed by atoms with Crippen LogP contribution in [-0.4, -0.2) is 69.7 Å². The highest BCUT2D eigenvalue weighted by Gasteiger charge is 2.40. The summed E-state index contributed by atoms with van der Waals surface area (Å²) in [5, 5.41) is 3.25. The van der Waals surface area contributed by atoms with Crippen molar-refractivity contribution in [3.8, 4) is 0 Å². The molecule has 2 aliphatic rings. The molecule has 6 nitrogen and oxygen atoms in total. The first-order chi connectivity index (χ1) is 9.86. The lowest BCUT2D eigenvalue weighted by Crippen LogP contribution is -2.57. The van der Waals surface area contributed by atoms with Gasteiger partial charge in [0, 0.05) is 33.3 Å². The standard InChI is InChI=1S/C14H27N3O3S.HI/c1-14(2)11-17(7-9-21(14,18)19)13(15-3)16-6-8-20-10-12-4-5-12;/h12H,4-11H2,1-3H3,(H,15,16);1H. The molecule has 22 heavy (non-hydrogen) atoms. The topological polar surface area (TPSA) is 71.0 Å². The Labute approximate surface area is 151 Å².